The van der Waals surface area contributed by atoms with E-state index in [9.17, 15) is 0 Å². The highest BCUT2D eigenvalue weighted by atomic mass is 15.1. The van der Waals surface area contributed by atoms with Crippen LogP contribution in [0.5, 0.6) is 0 Å². The number of hydrogen-bond acceptors (Lipinski definition) is 1. The van der Waals surface area contributed by atoms with Crippen molar-refractivity contribution in [2.75, 3.05) is 0 Å². The maximum atomic E-state index is 5.00. The molecule has 5 rings (SSSR count). The van der Waals surface area contributed by atoms with Gasteiger partial charge in [0.2, 0.25) is 0 Å². The van der Waals surface area contributed by atoms with Gasteiger partial charge >= 0.3 is 0 Å². The van der Waals surface area contributed by atoms with Gasteiger partial charge in [0, 0.05) is 5.56 Å². The summed E-state index contributed by atoms with van der Waals surface area (Å²) >= 11 is 0. The largest absolute Gasteiger partial charge is 0.292 e. The Labute approximate surface area is 165 Å². The predicted molar refractivity (Wildman–Crippen MR) is 118 cm³/mol. The first-order chi connectivity index (χ1) is 13.7. The van der Waals surface area contributed by atoms with Crippen molar-refractivity contribution in [2.45, 2.75) is 19.8 Å². The van der Waals surface area contributed by atoms with Crippen LogP contribution in [0.15, 0.2) is 91.0 Å². The average molecular weight is 362 g/mol. The maximum absolute atomic E-state index is 5.00. The quantitative estimate of drug-likeness (QED) is 0.339. The second kappa shape index (κ2) is 6.65. The molecule has 0 atom stereocenters. The summed E-state index contributed by atoms with van der Waals surface area (Å²) in [5.41, 5.74) is 5.82. The number of fused-ring (bicyclic) bond motifs is 2. The van der Waals surface area contributed by atoms with Gasteiger partial charge in [-0.25, -0.2) is 4.98 Å². The van der Waals surface area contributed by atoms with Crippen LogP contribution >= 0.6 is 0 Å². The molecule has 28 heavy (non-hydrogen) atoms. The lowest BCUT2D eigenvalue weighted by Gasteiger charge is -2.18. The molecule has 0 unspecified atom stereocenters. The second-order valence-electron chi connectivity index (χ2n) is 7.54. The van der Waals surface area contributed by atoms with Gasteiger partial charge in [0.1, 0.15) is 5.82 Å². The summed E-state index contributed by atoms with van der Waals surface area (Å²) < 4.78 is 2.33. The highest BCUT2D eigenvalue weighted by Crippen LogP contribution is 2.34. The van der Waals surface area contributed by atoms with E-state index in [0.29, 0.717) is 5.92 Å². The van der Waals surface area contributed by atoms with E-state index in [0.717, 1.165) is 22.4 Å². The normalized spacial score (nSPS) is 11.5. The first-order valence-electron chi connectivity index (χ1n) is 9.78. The Bertz CT molecular complexity index is 1280. The minimum Gasteiger partial charge on any atom is -0.292 e. The summed E-state index contributed by atoms with van der Waals surface area (Å²) in [7, 11) is 0. The standard InChI is InChI=1S/C26H22N2/c1-18(2)22-16-20-12-6-7-13-21(20)17-25(22)28-24-15-9-8-14-23(24)27-26(28)19-10-4-3-5-11-19/h3-18H,1-2H3. The number of para-hydroxylation sites is 2. The van der Waals surface area contributed by atoms with Gasteiger partial charge in [0.15, 0.2) is 0 Å². The van der Waals surface area contributed by atoms with E-state index >= 15 is 0 Å². The van der Waals surface area contributed by atoms with Gasteiger partial charge in [-0.3, -0.25) is 4.57 Å². The smallest absolute Gasteiger partial charge is 0.145 e. The number of nitrogens with zero attached hydrogens (tertiary/aromatic N) is 2. The molecule has 2 heteroatoms. The van der Waals surface area contributed by atoms with E-state index in [1.54, 1.807) is 0 Å². The van der Waals surface area contributed by atoms with Crippen molar-refractivity contribution >= 4 is 21.8 Å². The molecule has 0 saturated heterocycles. The van der Waals surface area contributed by atoms with Crippen molar-refractivity contribution < 1.29 is 0 Å². The number of aromatic nitrogens is 2. The minimum atomic E-state index is 0.407. The van der Waals surface area contributed by atoms with Crippen LogP contribution in [0.3, 0.4) is 0 Å². The molecule has 0 bridgehead atoms. The molecule has 136 valence electrons. The van der Waals surface area contributed by atoms with E-state index in [1.165, 1.54) is 22.0 Å². The third-order valence-electron chi connectivity index (χ3n) is 5.35. The van der Waals surface area contributed by atoms with Crippen LogP contribution in [0.4, 0.5) is 0 Å². The van der Waals surface area contributed by atoms with Crippen molar-refractivity contribution in [2.24, 2.45) is 0 Å². The molecule has 0 spiro atoms. The van der Waals surface area contributed by atoms with Crippen LogP contribution < -0.4 is 0 Å². The van der Waals surface area contributed by atoms with Gasteiger partial charge in [0.05, 0.1) is 16.7 Å². The summed E-state index contributed by atoms with van der Waals surface area (Å²) in [5.74, 6) is 1.39. The van der Waals surface area contributed by atoms with Gasteiger partial charge in [-0.1, -0.05) is 80.6 Å². The number of imidazole rings is 1. The predicted octanol–water partition coefficient (Wildman–Crippen LogP) is 6.97. The Morgan fingerprint density at radius 3 is 2.11 bits per heavy atom. The Hall–Kier alpha value is -3.39. The van der Waals surface area contributed by atoms with Crippen molar-refractivity contribution in [3.63, 3.8) is 0 Å². The monoisotopic (exact) mass is 362 g/mol. The molecule has 0 aliphatic rings. The molecule has 0 saturated carbocycles. The van der Waals surface area contributed by atoms with Gasteiger partial charge in [-0.2, -0.15) is 0 Å². The maximum Gasteiger partial charge on any atom is 0.145 e. The van der Waals surface area contributed by atoms with Crippen molar-refractivity contribution in [1.82, 2.24) is 9.55 Å². The lowest BCUT2D eigenvalue weighted by molar-refractivity contribution is 0.853. The third kappa shape index (κ3) is 2.69. The van der Waals surface area contributed by atoms with Crippen LogP contribution in [0.1, 0.15) is 25.3 Å². The van der Waals surface area contributed by atoms with Crippen LogP contribution in [-0.2, 0) is 0 Å². The van der Waals surface area contributed by atoms with Gasteiger partial charge in [0.25, 0.3) is 0 Å². The Morgan fingerprint density at radius 1 is 0.714 bits per heavy atom. The minimum absolute atomic E-state index is 0.407. The molecule has 4 aromatic carbocycles. The summed E-state index contributed by atoms with van der Waals surface area (Å²) in [6.45, 7) is 4.52. The lowest BCUT2D eigenvalue weighted by atomic mass is 9.96. The first kappa shape index (κ1) is 16.8. The van der Waals surface area contributed by atoms with E-state index in [-0.39, 0.29) is 0 Å². The van der Waals surface area contributed by atoms with Crippen molar-refractivity contribution in [3.05, 3.63) is 96.6 Å². The first-order valence-corrected chi connectivity index (χ1v) is 9.78. The number of hydrogen-bond donors (Lipinski definition) is 0. The molecule has 0 amide bonds. The molecule has 2 nitrogen and oxygen atoms in total. The SMILES string of the molecule is CC(C)c1cc2ccccc2cc1-n1c(-c2ccccc2)nc2ccccc21. The third-order valence-corrected chi connectivity index (χ3v) is 5.35. The summed E-state index contributed by atoms with van der Waals surface area (Å²) in [5, 5.41) is 2.53. The van der Waals surface area contributed by atoms with Crippen LogP contribution in [0.25, 0.3) is 38.9 Å². The van der Waals surface area contributed by atoms with Gasteiger partial charge < -0.3 is 0 Å². The van der Waals surface area contributed by atoms with Crippen molar-refractivity contribution in [1.29, 1.82) is 0 Å². The molecular formula is C26H22N2. The molecule has 0 radical (unpaired) electrons. The summed E-state index contributed by atoms with van der Waals surface area (Å²) in [6.07, 6.45) is 0. The average Bonchev–Trinajstić information content (AvgIpc) is 3.13. The van der Waals surface area contributed by atoms with E-state index < -0.39 is 0 Å². The fourth-order valence-corrected chi connectivity index (χ4v) is 3.95. The van der Waals surface area contributed by atoms with Crippen LogP contribution in [-0.4, -0.2) is 9.55 Å². The molecule has 0 N–H and O–H groups in total. The van der Waals surface area contributed by atoms with E-state index in [4.69, 9.17) is 4.98 Å². The zero-order valence-corrected chi connectivity index (χ0v) is 16.1. The van der Waals surface area contributed by atoms with Gasteiger partial charge in [-0.15, -0.1) is 0 Å². The van der Waals surface area contributed by atoms with Gasteiger partial charge in [-0.05, 0) is 46.5 Å². The molecule has 0 aliphatic heterocycles. The van der Waals surface area contributed by atoms with E-state index in [2.05, 4.69) is 103 Å². The molecule has 5 aromatic rings. The summed E-state index contributed by atoms with van der Waals surface area (Å²) in [6, 6.07) is 32.1. The highest BCUT2D eigenvalue weighted by Gasteiger charge is 2.18. The fraction of sp³-hybridized carbons (Fsp3) is 0.115. The van der Waals surface area contributed by atoms with Crippen LogP contribution in [0, 0.1) is 0 Å². The molecular weight excluding hydrogens is 340 g/mol. The Balaban J connectivity index is 1.90. The molecule has 0 aliphatic carbocycles. The van der Waals surface area contributed by atoms with E-state index in [1.807, 2.05) is 6.07 Å². The zero-order valence-electron chi connectivity index (χ0n) is 16.1. The van der Waals surface area contributed by atoms with Crippen LogP contribution in [0.2, 0.25) is 0 Å². The Morgan fingerprint density at radius 2 is 1.36 bits per heavy atom. The lowest BCUT2D eigenvalue weighted by Crippen LogP contribution is -2.03. The highest BCUT2D eigenvalue weighted by molar-refractivity contribution is 5.89. The molecule has 1 heterocycles. The summed E-state index contributed by atoms with van der Waals surface area (Å²) in [4.78, 5) is 5.00. The topological polar surface area (TPSA) is 17.8 Å². The molecule has 1 aromatic heterocycles. The fourth-order valence-electron chi connectivity index (χ4n) is 3.95. The zero-order chi connectivity index (χ0) is 19.1. The van der Waals surface area contributed by atoms with Crippen molar-refractivity contribution in [3.8, 4) is 17.1 Å². The molecule has 0 fully saturated rings. The number of rotatable bonds is 3. The second-order valence-corrected chi connectivity index (χ2v) is 7.54. The Kier molecular flexibility index (Phi) is 3.98. The number of benzene rings is 4.